The molecule has 55 heavy (non-hydrogen) atoms. The summed E-state index contributed by atoms with van der Waals surface area (Å²) in [5, 5.41) is 6.28. The van der Waals surface area contributed by atoms with Crippen LogP contribution in [0.15, 0.2) is 149 Å². The molecular formula is C49H56N6. The zero-order valence-corrected chi connectivity index (χ0v) is 34.2. The molecule has 0 radical (unpaired) electrons. The molecule has 1 saturated heterocycles. The van der Waals surface area contributed by atoms with Crippen LogP contribution in [0.5, 0.6) is 0 Å². The molecule has 6 heteroatoms. The molecule has 2 N–H and O–H groups in total. The predicted octanol–water partition coefficient (Wildman–Crippen LogP) is 10.8. The lowest BCUT2D eigenvalue weighted by molar-refractivity contribution is 0.589. The highest BCUT2D eigenvalue weighted by molar-refractivity contribution is 6.15. The molecule has 0 saturated carbocycles. The Morgan fingerprint density at radius 1 is 0.745 bits per heavy atom. The van der Waals surface area contributed by atoms with Crippen molar-refractivity contribution in [2.75, 3.05) is 19.0 Å². The van der Waals surface area contributed by atoms with Gasteiger partial charge in [-0.1, -0.05) is 119 Å². The van der Waals surface area contributed by atoms with Gasteiger partial charge in [0.15, 0.2) is 11.7 Å². The number of anilines is 1. The lowest BCUT2D eigenvalue weighted by Crippen LogP contribution is -2.32. The van der Waals surface area contributed by atoms with Gasteiger partial charge in [0.2, 0.25) is 0 Å². The number of nitrogens with zero attached hydrogens (tertiary/aromatic N) is 4. The van der Waals surface area contributed by atoms with E-state index in [1.165, 1.54) is 22.3 Å². The minimum absolute atomic E-state index is 0.0463. The van der Waals surface area contributed by atoms with Gasteiger partial charge >= 0.3 is 0 Å². The first-order chi connectivity index (χ1) is 26.0. The Morgan fingerprint density at radius 2 is 1.33 bits per heavy atom. The van der Waals surface area contributed by atoms with Gasteiger partial charge in [0.25, 0.3) is 0 Å². The van der Waals surface area contributed by atoms with Crippen molar-refractivity contribution in [2.24, 2.45) is 15.0 Å². The zero-order chi connectivity index (χ0) is 40.0. The van der Waals surface area contributed by atoms with E-state index >= 15 is 0 Å². The van der Waals surface area contributed by atoms with E-state index in [9.17, 15) is 0 Å². The third-order valence-electron chi connectivity index (χ3n) is 9.91. The van der Waals surface area contributed by atoms with Crippen LogP contribution in [-0.4, -0.2) is 32.0 Å². The van der Waals surface area contributed by atoms with E-state index < -0.39 is 0 Å². The summed E-state index contributed by atoms with van der Waals surface area (Å²) in [5.74, 6) is 1.96. The molecule has 4 aromatic carbocycles. The zero-order valence-electron chi connectivity index (χ0n) is 34.2. The molecule has 0 aliphatic carbocycles. The fourth-order valence-corrected chi connectivity index (χ4v) is 6.61. The largest absolute Gasteiger partial charge is 0.349 e. The van der Waals surface area contributed by atoms with Crippen LogP contribution >= 0.6 is 0 Å². The van der Waals surface area contributed by atoms with E-state index in [0.29, 0.717) is 17.5 Å². The number of allylic oxidation sites excluding steroid dienone is 1. The highest BCUT2D eigenvalue weighted by atomic mass is 15.1. The maximum atomic E-state index is 5.11. The second-order valence-corrected chi connectivity index (χ2v) is 15.6. The summed E-state index contributed by atoms with van der Waals surface area (Å²) in [6.07, 6.45) is 5.65. The second-order valence-electron chi connectivity index (χ2n) is 15.6. The van der Waals surface area contributed by atoms with E-state index in [1.54, 1.807) is 7.05 Å². The molecule has 4 aromatic rings. The van der Waals surface area contributed by atoms with Crippen LogP contribution < -0.4 is 15.5 Å². The van der Waals surface area contributed by atoms with Gasteiger partial charge in [0.05, 0.1) is 0 Å². The summed E-state index contributed by atoms with van der Waals surface area (Å²) >= 11 is 0. The molecule has 0 unspecified atom stereocenters. The van der Waals surface area contributed by atoms with Crippen molar-refractivity contribution < 1.29 is 0 Å². The predicted molar refractivity (Wildman–Crippen MR) is 238 cm³/mol. The van der Waals surface area contributed by atoms with E-state index in [1.807, 2.05) is 6.21 Å². The maximum absolute atomic E-state index is 5.11. The third kappa shape index (κ3) is 10.2. The second kappa shape index (κ2) is 17.0. The van der Waals surface area contributed by atoms with Crippen molar-refractivity contribution in [3.63, 3.8) is 0 Å². The molecule has 1 heterocycles. The summed E-state index contributed by atoms with van der Waals surface area (Å²) in [5.41, 5.74) is 15.7. The van der Waals surface area contributed by atoms with Crippen LogP contribution in [0.2, 0.25) is 0 Å². The quantitative estimate of drug-likeness (QED) is 0.133. The monoisotopic (exact) mass is 728 g/mol. The summed E-state index contributed by atoms with van der Waals surface area (Å²) in [4.78, 5) is 17.0. The number of hydrogen-bond donors (Lipinski definition) is 2. The SMILES string of the molecule is C=C1NC(=C)C(=Cc2ccc(N(C)C(=C)CCc3cc(/C=N/C(=N\C(=N/C)c4ccc(C)cc4C)c4ccc(C)cc4C)cc(C(C)(C)C)c3)cc2)C(=C)N1. The lowest BCUT2D eigenvalue weighted by Gasteiger charge is -2.25. The maximum Gasteiger partial charge on any atom is 0.161 e. The molecule has 0 amide bonds. The van der Waals surface area contributed by atoms with E-state index in [2.05, 4.69) is 187 Å². The van der Waals surface area contributed by atoms with Crippen molar-refractivity contribution in [3.8, 4) is 0 Å². The Bertz CT molecular complexity index is 2250. The highest BCUT2D eigenvalue weighted by Gasteiger charge is 2.18. The Hall–Kier alpha value is -6.01. The van der Waals surface area contributed by atoms with E-state index in [-0.39, 0.29) is 5.41 Å². The standard InChI is InChI=1S/C49H56N6/c1-31-14-22-44(33(3)24-31)47(50-12)54-48(45-23-15-32(2)25-34(45)4)51-30-41-26-40(27-42(28-41)49(9,10)11)17-16-35(5)55(13)43-20-18-39(19-21-43)29-46-36(6)52-38(8)53-37(46)7/h14-15,18-30,52-53H,5-8,16-17H2,1-4,9-13H3/b50-47-,51-30+,54-48-. The Labute approximate surface area is 329 Å². The van der Waals surface area contributed by atoms with Gasteiger partial charge in [0.1, 0.15) is 5.82 Å². The van der Waals surface area contributed by atoms with Crippen LogP contribution in [0.4, 0.5) is 5.69 Å². The molecule has 0 spiro atoms. The first-order valence-corrected chi connectivity index (χ1v) is 18.8. The molecular weight excluding hydrogens is 673 g/mol. The van der Waals surface area contributed by atoms with Crippen LogP contribution in [-0.2, 0) is 11.8 Å². The van der Waals surface area contributed by atoms with Crippen molar-refractivity contribution >= 4 is 29.6 Å². The normalized spacial score (nSPS) is 13.9. The minimum atomic E-state index is -0.0463. The fraction of sp³-hybridized carbons (Fsp3) is 0.245. The average Bonchev–Trinajstić information content (AvgIpc) is 3.12. The first kappa shape index (κ1) is 40.2. The van der Waals surface area contributed by atoms with Crippen LogP contribution in [0.25, 0.3) is 6.08 Å². The van der Waals surface area contributed by atoms with Crippen molar-refractivity contribution in [2.45, 2.75) is 66.7 Å². The van der Waals surface area contributed by atoms with Crippen LogP contribution in [0, 0.1) is 27.7 Å². The van der Waals surface area contributed by atoms with Crippen molar-refractivity contribution in [1.82, 2.24) is 10.6 Å². The molecule has 6 nitrogen and oxygen atoms in total. The van der Waals surface area contributed by atoms with Gasteiger partial charge in [-0.05, 0) is 104 Å². The molecule has 5 rings (SSSR count). The summed E-state index contributed by atoms with van der Waals surface area (Å²) in [6, 6.07) is 28.0. The number of aryl methyl sites for hydroxylation is 5. The first-order valence-electron chi connectivity index (χ1n) is 18.8. The van der Waals surface area contributed by atoms with Crippen LogP contribution in [0.3, 0.4) is 0 Å². The summed E-state index contributed by atoms with van der Waals surface area (Å²) in [6.45, 7) is 31.8. The molecule has 0 atom stereocenters. The van der Waals surface area contributed by atoms with Gasteiger partial charge in [-0.3, -0.25) is 4.99 Å². The lowest BCUT2D eigenvalue weighted by atomic mass is 9.84. The van der Waals surface area contributed by atoms with Crippen molar-refractivity contribution in [3.05, 3.63) is 189 Å². The number of nitrogens with one attached hydrogen (secondary N) is 2. The van der Waals surface area contributed by atoms with Gasteiger partial charge in [-0.25, -0.2) is 9.98 Å². The minimum Gasteiger partial charge on any atom is -0.349 e. The smallest absolute Gasteiger partial charge is 0.161 e. The summed E-state index contributed by atoms with van der Waals surface area (Å²) < 4.78 is 0. The third-order valence-corrected chi connectivity index (χ3v) is 9.91. The number of benzene rings is 4. The van der Waals surface area contributed by atoms with Gasteiger partial charge < -0.3 is 15.5 Å². The highest BCUT2D eigenvalue weighted by Crippen LogP contribution is 2.28. The van der Waals surface area contributed by atoms with Gasteiger partial charge in [0, 0.05) is 59.8 Å². The molecule has 1 aliphatic rings. The Balaban J connectivity index is 1.39. The molecule has 0 aromatic heterocycles. The number of amidine groups is 2. The summed E-state index contributed by atoms with van der Waals surface area (Å²) in [7, 11) is 3.86. The Morgan fingerprint density at radius 3 is 1.87 bits per heavy atom. The number of aliphatic imine (C=N–C) groups is 3. The molecule has 0 bridgehead atoms. The van der Waals surface area contributed by atoms with E-state index in [0.717, 1.165) is 74.6 Å². The molecule has 1 aliphatic heterocycles. The number of rotatable bonds is 9. The molecule has 282 valence electrons. The van der Waals surface area contributed by atoms with E-state index in [4.69, 9.17) is 9.98 Å². The number of hydrogen-bond acceptors (Lipinski definition) is 4. The van der Waals surface area contributed by atoms with Gasteiger partial charge in [-0.2, -0.15) is 0 Å². The Kier molecular flexibility index (Phi) is 12.4. The molecule has 1 fully saturated rings. The van der Waals surface area contributed by atoms with Gasteiger partial charge in [-0.15, -0.1) is 0 Å². The average molecular weight is 729 g/mol. The van der Waals surface area contributed by atoms with Crippen LogP contribution in [0.1, 0.15) is 82.8 Å². The topological polar surface area (TPSA) is 64.4 Å². The van der Waals surface area contributed by atoms with Crippen molar-refractivity contribution in [1.29, 1.82) is 0 Å². The fourth-order valence-electron chi connectivity index (χ4n) is 6.61.